The summed E-state index contributed by atoms with van der Waals surface area (Å²) in [6, 6.07) is 15.6. The number of phosphoric ester groups is 1. The predicted octanol–water partition coefficient (Wildman–Crippen LogP) is 3.81. The quantitative estimate of drug-likeness (QED) is 0.606. The van der Waals surface area contributed by atoms with E-state index in [1.807, 2.05) is 6.11 Å². The molecule has 0 aliphatic rings. The first-order valence-electron chi connectivity index (χ1n) is 6.82. The lowest BCUT2D eigenvalue weighted by atomic mass is 10.2. The molecule has 0 fully saturated rings. The van der Waals surface area contributed by atoms with Gasteiger partial charge in [0.25, 0.3) is 0 Å². The molecule has 0 heterocycles. The lowest BCUT2D eigenvalue weighted by Gasteiger charge is -2.14. The first kappa shape index (κ1) is 17.3. The van der Waals surface area contributed by atoms with Crippen LogP contribution in [0.1, 0.15) is 27.6 Å². The minimum Gasteiger partial charge on any atom is -0.347 e. The van der Waals surface area contributed by atoms with Crippen molar-refractivity contribution in [3.8, 4) is 12.0 Å². The molecule has 0 bridgehead atoms. The van der Waals surface area contributed by atoms with Crippen molar-refractivity contribution in [3.63, 3.8) is 0 Å². The number of rotatable bonds is 5. The Morgan fingerprint density at radius 3 is 1.62 bits per heavy atom. The molecule has 0 aliphatic heterocycles. The van der Waals surface area contributed by atoms with Crippen LogP contribution < -0.4 is 0 Å². The summed E-state index contributed by atoms with van der Waals surface area (Å²) in [6.07, 6.45) is 2.03. The number of phosphoric acid groups is 1. The maximum absolute atomic E-state index is 12.5. The zero-order valence-electron chi connectivity index (χ0n) is 12.7. The fourth-order valence-electron chi connectivity index (χ4n) is 1.61. The number of benzene rings is 2. The Balaban J connectivity index is 2.19. The third kappa shape index (κ3) is 4.73. The second kappa shape index (κ2) is 8.00. The maximum Gasteiger partial charge on any atom is 0.660 e. The van der Waals surface area contributed by atoms with E-state index < -0.39 is 19.8 Å². The molecule has 7 heteroatoms. The third-order valence-corrected chi connectivity index (χ3v) is 3.76. The van der Waals surface area contributed by atoms with E-state index in [4.69, 9.17) is 9.05 Å². The van der Waals surface area contributed by atoms with E-state index in [9.17, 15) is 14.2 Å². The molecule has 2 aromatic carbocycles. The van der Waals surface area contributed by atoms with E-state index in [1.54, 1.807) is 36.4 Å². The summed E-state index contributed by atoms with van der Waals surface area (Å²) in [4.78, 5) is 24.1. The molecular weight excluding hydrogens is 331 g/mol. The summed E-state index contributed by atoms with van der Waals surface area (Å²) in [5.41, 5.74) is 0.253. The lowest BCUT2D eigenvalue weighted by molar-refractivity contribution is 0.0563. The van der Waals surface area contributed by atoms with Gasteiger partial charge in [0.2, 0.25) is 0 Å². The Morgan fingerprint density at radius 1 is 0.833 bits per heavy atom. The fourth-order valence-corrected chi connectivity index (χ4v) is 2.55. The van der Waals surface area contributed by atoms with Crippen LogP contribution in [0, 0.1) is 12.0 Å². The number of hydrogen-bond acceptors (Lipinski definition) is 6. The Morgan fingerprint density at radius 2 is 1.25 bits per heavy atom. The molecule has 0 spiro atoms. The van der Waals surface area contributed by atoms with E-state index in [0.717, 1.165) is 0 Å². The van der Waals surface area contributed by atoms with Crippen LogP contribution >= 0.6 is 7.82 Å². The smallest absolute Gasteiger partial charge is 0.347 e. The van der Waals surface area contributed by atoms with Gasteiger partial charge in [-0.25, -0.2) is 9.59 Å². The van der Waals surface area contributed by atoms with Gasteiger partial charge in [-0.2, -0.15) is 4.57 Å². The fraction of sp³-hybridized carbons (Fsp3) is 0.0588. The minimum atomic E-state index is -4.55. The zero-order chi connectivity index (χ0) is 17.4. The Kier molecular flexibility index (Phi) is 5.78. The molecule has 0 saturated carbocycles. The van der Waals surface area contributed by atoms with Crippen LogP contribution in [0.15, 0.2) is 60.7 Å². The van der Waals surface area contributed by atoms with Crippen molar-refractivity contribution < 1.29 is 27.7 Å². The lowest BCUT2D eigenvalue weighted by Crippen LogP contribution is -2.10. The second-order valence-electron chi connectivity index (χ2n) is 4.38. The Bertz CT molecular complexity index is 763. The highest BCUT2D eigenvalue weighted by atomic mass is 31.2. The SMILES string of the molecule is CC#COP(=O)(OC(=O)c1ccccc1)OC(=O)c1ccccc1. The summed E-state index contributed by atoms with van der Waals surface area (Å²) in [6.45, 7) is 1.42. The van der Waals surface area contributed by atoms with Crippen molar-refractivity contribution in [1.29, 1.82) is 0 Å². The molecular formula is C17H13O6P. The third-order valence-electron chi connectivity index (χ3n) is 2.67. The molecule has 24 heavy (non-hydrogen) atoms. The number of carbonyl (C=O) groups excluding carboxylic acids is 2. The van der Waals surface area contributed by atoms with E-state index >= 15 is 0 Å². The van der Waals surface area contributed by atoms with Crippen molar-refractivity contribution in [3.05, 3.63) is 71.8 Å². The molecule has 0 saturated heterocycles. The molecule has 0 amide bonds. The Labute approximate surface area is 139 Å². The van der Waals surface area contributed by atoms with Crippen LogP contribution in [-0.2, 0) is 18.1 Å². The van der Waals surface area contributed by atoms with Crippen LogP contribution in [0.5, 0.6) is 0 Å². The molecule has 0 radical (unpaired) electrons. The van der Waals surface area contributed by atoms with Crippen molar-refractivity contribution in [2.24, 2.45) is 0 Å². The summed E-state index contributed by atoms with van der Waals surface area (Å²) in [7, 11) is -4.55. The van der Waals surface area contributed by atoms with Crippen LogP contribution in [-0.4, -0.2) is 11.9 Å². The van der Waals surface area contributed by atoms with Gasteiger partial charge in [0.15, 0.2) is 0 Å². The molecule has 2 aromatic rings. The zero-order valence-corrected chi connectivity index (χ0v) is 13.6. The van der Waals surface area contributed by atoms with Gasteiger partial charge in [-0.15, -0.1) is 0 Å². The molecule has 0 aliphatic carbocycles. The van der Waals surface area contributed by atoms with E-state index in [-0.39, 0.29) is 11.1 Å². The maximum atomic E-state index is 12.5. The topological polar surface area (TPSA) is 78.9 Å². The van der Waals surface area contributed by atoms with Crippen molar-refractivity contribution in [2.45, 2.75) is 6.92 Å². The van der Waals surface area contributed by atoms with Gasteiger partial charge >= 0.3 is 19.8 Å². The van der Waals surface area contributed by atoms with Gasteiger partial charge in [-0.05, 0) is 24.3 Å². The molecule has 0 unspecified atom stereocenters. The first-order chi connectivity index (χ1) is 11.5. The van der Waals surface area contributed by atoms with E-state index in [0.29, 0.717) is 0 Å². The molecule has 122 valence electrons. The largest absolute Gasteiger partial charge is 0.660 e. The van der Waals surface area contributed by atoms with Crippen LogP contribution in [0.3, 0.4) is 0 Å². The number of hydrogen-bond donors (Lipinski definition) is 0. The van der Waals surface area contributed by atoms with Crippen molar-refractivity contribution >= 4 is 19.8 Å². The summed E-state index contributed by atoms with van der Waals surface area (Å²) >= 11 is 0. The summed E-state index contributed by atoms with van der Waals surface area (Å²) in [5.74, 6) is 0.401. The van der Waals surface area contributed by atoms with Crippen LogP contribution in [0.4, 0.5) is 0 Å². The van der Waals surface area contributed by atoms with E-state index in [2.05, 4.69) is 10.4 Å². The van der Waals surface area contributed by atoms with Gasteiger partial charge in [0, 0.05) is 6.92 Å². The van der Waals surface area contributed by atoms with Crippen LogP contribution in [0.25, 0.3) is 0 Å². The average molecular weight is 344 g/mol. The summed E-state index contributed by atoms with van der Waals surface area (Å²) in [5, 5.41) is 0. The van der Waals surface area contributed by atoms with Crippen LogP contribution in [0.2, 0.25) is 0 Å². The van der Waals surface area contributed by atoms with Gasteiger partial charge in [-0.3, -0.25) is 0 Å². The molecule has 6 nitrogen and oxygen atoms in total. The Hall–Kier alpha value is -3.03. The van der Waals surface area contributed by atoms with Gasteiger partial charge in [-0.1, -0.05) is 42.3 Å². The average Bonchev–Trinajstić information content (AvgIpc) is 2.61. The molecule has 0 N–H and O–H groups in total. The van der Waals surface area contributed by atoms with Gasteiger partial charge in [0.05, 0.1) is 11.1 Å². The first-order valence-corrected chi connectivity index (χ1v) is 8.28. The monoisotopic (exact) mass is 344 g/mol. The molecule has 0 aromatic heterocycles. The molecule has 0 atom stereocenters. The number of carbonyl (C=O) groups is 2. The highest BCUT2D eigenvalue weighted by Gasteiger charge is 2.37. The van der Waals surface area contributed by atoms with E-state index in [1.165, 1.54) is 31.2 Å². The van der Waals surface area contributed by atoms with Crippen molar-refractivity contribution in [1.82, 2.24) is 0 Å². The predicted molar refractivity (Wildman–Crippen MR) is 85.9 cm³/mol. The standard InChI is InChI=1S/C17H13O6P/c1-2-13-21-24(20,22-16(18)14-9-5-3-6-10-14)23-17(19)15-11-7-4-8-12-15/h3-12H,1H3. The summed E-state index contributed by atoms with van der Waals surface area (Å²) < 4.78 is 26.7. The highest BCUT2D eigenvalue weighted by Crippen LogP contribution is 2.50. The second-order valence-corrected chi connectivity index (χ2v) is 5.82. The normalized spacial score (nSPS) is 10.0. The highest BCUT2D eigenvalue weighted by molar-refractivity contribution is 7.49. The molecule has 2 rings (SSSR count). The van der Waals surface area contributed by atoms with Crippen molar-refractivity contribution in [2.75, 3.05) is 0 Å². The minimum absolute atomic E-state index is 0.126. The van der Waals surface area contributed by atoms with Gasteiger partial charge in [0.1, 0.15) is 6.11 Å². The van der Waals surface area contributed by atoms with Gasteiger partial charge < -0.3 is 13.6 Å².